The molecule has 32 heavy (non-hydrogen) atoms. The van der Waals surface area contributed by atoms with Gasteiger partial charge in [0.1, 0.15) is 18.4 Å². The highest BCUT2D eigenvalue weighted by Crippen LogP contribution is 2.27. The molecule has 1 atom stereocenters. The predicted octanol–water partition coefficient (Wildman–Crippen LogP) is 2.57. The first-order valence-corrected chi connectivity index (χ1v) is 11.4. The van der Waals surface area contributed by atoms with Crippen LogP contribution in [-0.4, -0.2) is 53.7 Å². The molecule has 0 aliphatic heterocycles. The summed E-state index contributed by atoms with van der Waals surface area (Å²) in [6.07, 6.45) is 4.08. The molecule has 0 saturated heterocycles. The average molecular weight is 462 g/mol. The topological polar surface area (TPSA) is 107 Å². The van der Waals surface area contributed by atoms with Crippen LogP contribution >= 0.6 is 0 Å². The van der Waals surface area contributed by atoms with Gasteiger partial charge in [0.05, 0.1) is 32.4 Å². The Morgan fingerprint density at radius 1 is 1.16 bits per heavy atom. The maximum absolute atomic E-state index is 12.6. The van der Waals surface area contributed by atoms with Crippen molar-refractivity contribution in [2.24, 2.45) is 5.10 Å². The van der Waals surface area contributed by atoms with Gasteiger partial charge in [0.15, 0.2) is 11.5 Å². The van der Waals surface area contributed by atoms with E-state index in [0.717, 1.165) is 10.6 Å². The molecule has 0 radical (unpaired) electrons. The van der Waals surface area contributed by atoms with Crippen LogP contribution in [0.4, 0.5) is 5.69 Å². The first-order chi connectivity index (χ1) is 15.2. The molecule has 0 bridgehead atoms. The second kappa shape index (κ2) is 11.2. The summed E-state index contributed by atoms with van der Waals surface area (Å²) < 4.78 is 41.6. The van der Waals surface area contributed by atoms with Crippen LogP contribution in [0, 0.1) is 0 Å². The number of carbonyl (C=O) groups excluding carboxylic acids is 1. The zero-order valence-electron chi connectivity index (χ0n) is 18.4. The molecule has 10 heteroatoms. The van der Waals surface area contributed by atoms with E-state index < -0.39 is 22.0 Å². The number of methoxy groups -OCH3 is 2. The van der Waals surface area contributed by atoms with Crippen LogP contribution in [0.1, 0.15) is 12.5 Å². The second-order valence-electron chi connectivity index (χ2n) is 6.68. The molecule has 0 spiro atoms. The zero-order valence-corrected chi connectivity index (χ0v) is 19.3. The number of nitrogens with zero attached hydrogens (tertiary/aromatic N) is 2. The van der Waals surface area contributed by atoms with Gasteiger partial charge in [-0.2, -0.15) is 5.10 Å². The van der Waals surface area contributed by atoms with Crippen LogP contribution in [0.3, 0.4) is 0 Å². The lowest BCUT2D eigenvalue weighted by molar-refractivity contribution is -0.121. The Balaban J connectivity index is 2.14. The molecule has 1 amide bonds. The molecular formula is C22H27N3O6S. The largest absolute Gasteiger partial charge is 0.497 e. The summed E-state index contributed by atoms with van der Waals surface area (Å²) in [5.41, 5.74) is 3.36. The zero-order chi connectivity index (χ0) is 23.7. The Morgan fingerprint density at radius 3 is 2.41 bits per heavy atom. The number of amides is 1. The maximum atomic E-state index is 12.6. The van der Waals surface area contributed by atoms with Crippen LogP contribution in [0.5, 0.6) is 17.2 Å². The lowest BCUT2D eigenvalue weighted by atomic mass is 10.2. The second-order valence-corrected chi connectivity index (χ2v) is 8.54. The molecule has 2 rings (SSSR count). The summed E-state index contributed by atoms with van der Waals surface area (Å²) >= 11 is 0. The molecule has 1 N–H and O–H groups in total. The number of carbonyl (C=O) groups is 1. The number of anilines is 1. The van der Waals surface area contributed by atoms with E-state index in [-0.39, 0.29) is 0 Å². The van der Waals surface area contributed by atoms with Crippen molar-refractivity contribution in [3.05, 3.63) is 60.7 Å². The van der Waals surface area contributed by atoms with E-state index >= 15 is 0 Å². The molecule has 0 aliphatic carbocycles. The summed E-state index contributed by atoms with van der Waals surface area (Å²) in [4.78, 5) is 12.6. The van der Waals surface area contributed by atoms with Gasteiger partial charge in [-0.15, -0.1) is 0 Å². The lowest BCUT2D eigenvalue weighted by Gasteiger charge is -2.27. The number of ether oxygens (including phenoxy) is 3. The van der Waals surface area contributed by atoms with Crippen LogP contribution in [0.2, 0.25) is 0 Å². The number of sulfonamides is 1. The highest BCUT2D eigenvalue weighted by molar-refractivity contribution is 7.92. The fourth-order valence-corrected chi connectivity index (χ4v) is 4.01. The van der Waals surface area contributed by atoms with Gasteiger partial charge in [0, 0.05) is 0 Å². The molecule has 0 unspecified atom stereocenters. The molecule has 0 saturated carbocycles. The normalized spacial score (nSPS) is 12.1. The van der Waals surface area contributed by atoms with E-state index in [2.05, 4.69) is 17.1 Å². The SMILES string of the molecule is C=CCOc1ccc(/C=N\NC(=O)[C@@H](C)N(c2ccc(OC)cc2)S(C)(=O)=O)cc1OC. The Bertz CT molecular complexity index is 1070. The van der Waals surface area contributed by atoms with Crippen molar-refractivity contribution in [1.29, 1.82) is 0 Å². The van der Waals surface area contributed by atoms with Gasteiger partial charge >= 0.3 is 0 Å². The third kappa shape index (κ3) is 6.48. The molecule has 0 heterocycles. The molecule has 172 valence electrons. The number of hydrogen-bond acceptors (Lipinski definition) is 7. The minimum absolute atomic E-state index is 0.333. The van der Waals surface area contributed by atoms with Crippen LogP contribution < -0.4 is 23.9 Å². The fourth-order valence-electron chi connectivity index (χ4n) is 2.83. The van der Waals surface area contributed by atoms with E-state index in [9.17, 15) is 13.2 Å². The first-order valence-electron chi connectivity index (χ1n) is 9.59. The minimum Gasteiger partial charge on any atom is -0.497 e. The third-order valence-electron chi connectivity index (χ3n) is 4.35. The van der Waals surface area contributed by atoms with E-state index in [1.165, 1.54) is 27.4 Å². The molecular weight excluding hydrogens is 434 g/mol. The van der Waals surface area contributed by atoms with Crippen molar-refractivity contribution in [3.8, 4) is 17.2 Å². The molecule has 2 aromatic rings. The predicted molar refractivity (Wildman–Crippen MR) is 124 cm³/mol. The van der Waals surface area contributed by atoms with Crippen molar-refractivity contribution >= 4 is 27.8 Å². The Kier molecular flexibility index (Phi) is 8.65. The lowest BCUT2D eigenvalue weighted by Crippen LogP contribution is -2.46. The monoisotopic (exact) mass is 461 g/mol. The molecule has 0 fully saturated rings. The van der Waals surface area contributed by atoms with E-state index in [0.29, 0.717) is 35.1 Å². The maximum Gasteiger partial charge on any atom is 0.263 e. The van der Waals surface area contributed by atoms with E-state index in [1.807, 2.05) is 0 Å². The summed E-state index contributed by atoms with van der Waals surface area (Å²) in [7, 11) is -0.716. The first kappa shape index (κ1) is 24.7. The number of hydrogen-bond donors (Lipinski definition) is 1. The number of rotatable bonds is 11. The summed E-state index contributed by atoms with van der Waals surface area (Å²) in [6.45, 7) is 5.41. The number of hydrazone groups is 1. The third-order valence-corrected chi connectivity index (χ3v) is 5.59. The van der Waals surface area contributed by atoms with Crippen molar-refractivity contribution in [2.45, 2.75) is 13.0 Å². The quantitative estimate of drug-likeness (QED) is 0.313. The fraction of sp³-hybridized carbons (Fsp3) is 0.273. The van der Waals surface area contributed by atoms with Crippen molar-refractivity contribution in [3.63, 3.8) is 0 Å². The van der Waals surface area contributed by atoms with Crippen molar-refractivity contribution < 1.29 is 27.4 Å². The van der Waals surface area contributed by atoms with E-state index in [1.54, 1.807) is 48.5 Å². The van der Waals surface area contributed by atoms with Gasteiger partial charge in [-0.25, -0.2) is 13.8 Å². The van der Waals surface area contributed by atoms with E-state index in [4.69, 9.17) is 14.2 Å². The van der Waals surface area contributed by atoms with Gasteiger partial charge in [-0.3, -0.25) is 9.10 Å². The summed E-state index contributed by atoms with van der Waals surface area (Å²) in [5, 5.41) is 3.94. The smallest absolute Gasteiger partial charge is 0.263 e. The minimum atomic E-state index is -3.74. The van der Waals surface area contributed by atoms with Gasteiger partial charge in [-0.1, -0.05) is 12.7 Å². The number of nitrogens with one attached hydrogen (secondary N) is 1. The van der Waals surface area contributed by atoms with Crippen LogP contribution in [-0.2, 0) is 14.8 Å². The highest BCUT2D eigenvalue weighted by atomic mass is 32.2. The Labute approximate surface area is 188 Å². The highest BCUT2D eigenvalue weighted by Gasteiger charge is 2.29. The standard InChI is InChI=1S/C22H27N3O6S/c1-6-13-31-20-12-7-17(14-21(20)30-4)15-23-24-22(26)16(2)25(32(5,27)28)18-8-10-19(29-3)11-9-18/h6-12,14-16H,1,13H2,2-5H3,(H,24,26)/b23-15-/t16-/m1/s1. The average Bonchev–Trinajstić information content (AvgIpc) is 2.77. The summed E-state index contributed by atoms with van der Waals surface area (Å²) in [6, 6.07) is 10.5. The van der Waals surface area contributed by atoms with Crippen molar-refractivity contribution in [2.75, 3.05) is 31.4 Å². The Hall–Kier alpha value is -3.53. The molecule has 2 aromatic carbocycles. The van der Waals surface area contributed by atoms with Crippen LogP contribution in [0.25, 0.3) is 0 Å². The van der Waals surface area contributed by atoms with Gasteiger partial charge in [0.2, 0.25) is 10.0 Å². The van der Waals surface area contributed by atoms with Gasteiger partial charge < -0.3 is 14.2 Å². The summed E-state index contributed by atoms with van der Waals surface area (Å²) in [5.74, 6) is 1.02. The van der Waals surface area contributed by atoms with Crippen molar-refractivity contribution in [1.82, 2.24) is 5.43 Å². The van der Waals surface area contributed by atoms with Gasteiger partial charge in [0.25, 0.3) is 5.91 Å². The molecule has 0 aromatic heterocycles. The van der Waals surface area contributed by atoms with Crippen LogP contribution in [0.15, 0.2) is 60.2 Å². The molecule has 0 aliphatic rings. The molecule has 9 nitrogen and oxygen atoms in total. The Morgan fingerprint density at radius 2 is 1.84 bits per heavy atom. The van der Waals surface area contributed by atoms with Gasteiger partial charge in [-0.05, 0) is 55.0 Å². The number of benzene rings is 2.